The van der Waals surface area contributed by atoms with Crippen LogP contribution < -0.4 is 10.5 Å². The summed E-state index contributed by atoms with van der Waals surface area (Å²) >= 11 is 5.65. The number of ether oxygens (including phenoxy) is 1. The van der Waals surface area contributed by atoms with Crippen LogP contribution in [0.3, 0.4) is 0 Å². The molecule has 2 rings (SSSR count). The molecular weight excluding hydrogens is 255 g/mol. The van der Waals surface area contributed by atoms with Crippen LogP contribution in [0.1, 0.15) is 5.56 Å². The highest BCUT2D eigenvalue weighted by molar-refractivity contribution is 6.30. The first-order chi connectivity index (χ1) is 8.61. The van der Waals surface area contributed by atoms with Crippen LogP contribution in [0.25, 0.3) is 0 Å². The normalized spacial score (nSPS) is 10.1. The van der Waals surface area contributed by atoms with E-state index in [1.165, 1.54) is 12.1 Å². The molecule has 0 bridgehead atoms. The van der Waals surface area contributed by atoms with E-state index in [0.29, 0.717) is 22.0 Å². The van der Waals surface area contributed by atoms with Gasteiger partial charge in [0.15, 0.2) is 11.6 Å². The number of hydrogen-bond donors (Lipinski definition) is 2. The quantitative estimate of drug-likeness (QED) is 0.653. The molecule has 0 aliphatic rings. The highest BCUT2D eigenvalue weighted by Gasteiger charge is 2.09. The Bertz CT molecular complexity index is 602. The third kappa shape index (κ3) is 2.43. The van der Waals surface area contributed by atoms with Gasteiger partial charge in [0.1, 0.15) is 5.75 Å². The smallest absolute Gasteiger partial charge is 0.167 e. The minimum atomic E-state index is -0.569. The minimum Gasteiger partial charge on any atom is -0.454 e. The topological polar surface area (TPSA) is 59.1 Å². The van der Waals surface area contributed by atoms with Gasteiger partial charge in [-0.1, -0.05) is 17.7 Å². The molecule has 0 aliphatic carbocycles. The average Bonchev–Trinajstić information content (AvgIpc) is 2.33. The Labute approximate surface area is 108 Å². The fraction of sp³-hybridized carbons (Fsp3) is 0. The van der Waals surface area contributed by atoms with Crippen molar-refractivity contribution in [2.45, 2.75) is 0 Å². The first-order valence-corrected chi connectivity index (χ1v) is 5.51. The predicted molar refractivity (Wildman–Crippen MR) is 70.2 cm³/mol. The van der Waals surface area contributed by atoms with E-state index in [0.717, 1.165) is 12.3 Å². The van der Waals surface area contributed by atoms with E-state index >= 15 is 0 Å². The van der Waals surface area contributed by atoms with E-state index in [9.17, 15) is 4.39 Å². The molecule has 0 amide bonds. The molecule has 3 N–H and O–H groups in total. The lowest BCUT2D eigenvalue weighted by Gasteiger charge is -2.10. The molecule has 2 aromatic rings. The average molecular weight is 265 g/mol. The highest BCUT2D eigenvalue weighted by Crippen LogP contribution is 2.30. The number of rotatable bonds is 3. The van der Waals surface area contributed by atoms with Gasteiger partial charge in [-0.2, -0.15) is 0 Å². The van der Waals surface area contributed by atoms with Crippen LogP contribution in [0.4, 0.5) is 10.1 Å². The summed E-state index contributed by atoms with van der Waals surface area (Å²) in [6.45, 7) is 0. The first kappa shape index (κ1) is 12.4. The Morgan fingerprint density at radius 2 is 2.00 bits per heavy atom. The van der Waals surface area contributed by atoms with Gasteiger partial charge in [-0.3, -0.25) is 0 Å². The van der Waals surface area contributed by atoms with Crippen molar-refractivity contribution in [3.8, 4) is 11.5 Å². The van der Waals surface area contributed by atoms with E-state index in [4.69, 9.17) is 27.5 Å². The van der Waals surface area contributed by atoms with Crippen LogP contribution in [0, 0.1) is 11.2 Å². The van der Waals surface area contributed by atoms with Crippen molar-refractivity contribution < 1.29 is 9.13 Å². The Morgan fingerprint density at radius 3 is 2.67 bits per heavy atom. The molecule has 0 unspecified atom stereocenters. The zero-order valence-electron chi connectivity index (χ0n) is 9.28. The second-order valence-electron chi connectivity index (χ2n) is 3.58. The number of nitrogens with two attached hydrogens (primary N) is 1. The van der Waals surface area contributed by atoms with Gasteiger partial charge in [-0.25, -0.2) is 4.39 Å². The number of hydrogen-bond acceptors (Lipinski definition) is 3. The van der Waals surface area contributed by atoms with Gasteiger partial charge in [0, 0.05) is 16.9 Å². The van der Waals surface area contributed by atoms with Crippen molar-refractivity contribution in [3.63, 3.8) is 0 Å². The summed E-state index contributed by atoms with van der Waals surface area (Å²) in [7, 11) is 0. The van der Waals surface area contributed by atoms with Crippen molar-refractivity contribution in [1.29, 1.82) is 5.41 Å². The summed E-state index contributed by atoms with van der Waals surface area (Å²) in [6.07, 6.45) is 1.07. The Morgan fingerprint density at radius 1 is 1.22 bits per heavy atom. The van der Waals surface area contributed by atoms with Gasteiger partial charge in [0.05, 0.1) is 5.56 Å². The number of benzene rings is 2. The molecule has 18 heavy (non-hydrogen) atoms. The maximum Gasteiger partial charge on any atom is 0.167 e. The van der Waals surface area contributed by atoms with Crippen LogP contribution in [-0.4, -0.2) is 6.21 Å². The van der Waals surface area contributed by atoms with Gasteiger partial charge in [0.2, 0.25) is 0 Å². The molecule has 5 heteroatoms. The van der Waals surface area contributed by atoms with E-state index < -0.39 is 5.82 Å². The van der Waals surface area contributed by atoms with Crippen molar-refractivity contribution >= 4 is 23.5 Å². The van der Waals surface area contributed by atoms with Crippen molar-refractivity contribution in [2.75, 3.05) is 5.73 Å². The van der Waals surface area contributed by atoms with E-state index in [2.05, 4.69) is 0 Å². The molecule has 0 spiro atoms. The Balaban J connectivity index is 2.40. The maximum absolute atomic E-state index is 13.6. The summed E-state index contributed by atoms with van der Waals surface area (Å²) in [6, 6.07) is 9.04. The maximum atomic E-state index is 13.6. The number of anilines is 1. The first-order valence-electron chi connectivity index (χ1n) is 5.13. The third-order valence-electron chi connectivity index (χ3n) is 2.36. The summed E-state index contributed by atoms with van der Waals surface area (Å²) in [5.74, 6) is -0.208. The Kier molecular flexibility index (Phi) is 3.48. The number of halogens is 2. The van der Waals surface area contributed by atoms with Crippen LogP contribution in [0.15, 0.2) is 36.4 Å². The lowest BCUT2D eigenvalue weighted by molar-refractivity contribution is 0.442. The fourth-order valence-electron chi connectivity index (χ4n) is 1.48. The third-order valence-corrected chi connectivity index (χ3v) is 2.59. The van der Waals surface area contributed by atoms with E-state index in [-0.39, 0.29) is 5.75 Å². The highest BCUT2D eigenvalue weighted by atomic mass is 35.5. The molecule has 0 heterocycles. The van der Waals surface area contributed by atoms with Crippen molar-refractivity contribution in [2.24, 2.45) is 0 Å². The molecule has 2 aromatic carbocycles. The van der Waals surface area contributed by atoms with E-state index in [1.54, 1.807) is 18.2 Å². The summed E-state index contributed by atoms with van der Waals surface area (Å²) < 4.78 is 19.0. The zero-order valence-corrected chi connectivity index (χ0v) is 10.0. The standard InChI is InChI=1S/C13H10ClFN2O/c14-8-4-5-13(10(15)6-8)18-12-3-1-2-11(17)9(12)7-16/h1-7,16H,17H2. The van der Waals surface area contributed by atoms with Gasteiger partial charge in [-0.15, -0.1) is 0 Å². The summed E-state index contributed by atoms with van der Waals surface area (Å²) in [4.78, 5) is 0. The summed E-state index contributed by atoms with van der Waals surface area (Å²) in [5, 5.41) is 7.57. The van der Waals surface area contributed by atoms with E-state index in [1.807, 2.05) is 0 Å². The van der Waals surface area contributed by atoms with Gasteiger partial charge >= 0.3 is 0 Å². The molecule has 0 aliphatic heterocycles. The second-order valence-corrected chi connectivity index (χ2v) is 4.02. The molecule has 3 nitrogen and oxygen atoms in total. The van der Waals surface area contributed by atoms with Gasteiger partial charge in [-0.05, 0) is 30.3 Å². The number of nitrogen functional groups attached to an aromatic ring is 1. The molecule has 0 atom stereocenters. The molecule has 0 radical (unpaired) electrons. The summed E-state index contributed by atoms with van der Waals surface area (Å²) in [5.41, 5.74) is 6.51. The Hall–Kier alpha value is -2.07. The SMILES string of the molecule is N=Cc1c(N)cccc1Oc1ccc(Cl)cc1F. The zero-order chi connectivity index (χ0) is 13.1. The monoisotopic (exact) mass is 264 g/mol. The number of nitrogens with one attached hydrogen (secondary N) is 1. The van der Waals surface area contributed by atoms with Gasteiger partial charge in [0.25, 0.3) is 0 Å². The fourth-order valence-corrected chi connectivity index (χ4v) is 1.64. The van der Waals surface area contributed by atoms with Crippen LogP contribution in [0.5, 0.6) is 11.5 Å². The molecule has 92 valence electrons. The lowest BCUT2D eigenvalue weighted by Crippen LogP contribution is -1.97. The molecule has 0 saturated carbocycles. The largest absolute Gasteiger partial charge is 0.454 e. The second kappa shape index (κ2) is 5.06. The van der Waals surface area contributed by atoms with Crippen molar-refractivity contribution in [1.82, 2.24) is 0 Å². The molecule has 0 saturated heterocycles. The lowest BCUT2D eigenvalue weighted by atomic mass is 10.2. The van der Waals surface area contributed by atoms with Crippen LogP contribution >= 0.6 is 11.6 Å². The molecular formula is C13H10ClFN2O. The molecule has 0 fully saturated rings. The minimum absolute atomic E-state index is 0.0353. The predicted octanol–water partition coefficient (Wildman–Crippen LogP) is 3.85. The van der Waals surface area contributed by atoms with Gasteiger partial charge < -0.3 is 15.9 Å². The van der Waals surface area contributed by atoms with Crippen molar-refractivity contribution in [3.05, 3.63) is 52.8 Å². The molecule has 0 aromatic heterocycles. The van der Waals surface area contributed by atoms with Crippen LogP contribution in [-0.2, 0) is 0 Å². The van der Waals surface area contributed by atoms with Crippen LogP contribution in [0.2, 0.25) is 5.02 Å².